The van der Waals surface area contributed by atoms with Crippen LogP contribution in [0.15, 0.2) is 18.2 Å². The zero-order chi connectivity index (χ0) is 18.0. The fourth-order valence-electron chi connectivity index (χ4n) is 4.04. The van der Waals surface area contributed by atoms with Gasteiger partial charge in [0, 0.05) is 38.3 Å². The first-order valence-corrected chi connectivity index (χ1v) is 8.52. The molecule has 0 radical (unpaired) electrons. The van der Waals surface area contributed by atoms with Crippen LogP contribution in [0.3, 0.4) is 0 Å². The van der Waals surface area contributed by atoms with Crippen molar-refractivity contribution in [1.29, 1.82) is 0 Å². The number of hydrogen-bond acceptors (Lipinski definition) is 3. The number of benzene rings is 1. The van der Waals surface area contributed by atoms with Gasteiger partial charge in [-0.05, 0) is 43.2 Å². The normalized spacial score (nSPS) is 28.8. The van der Waals surface area contributed by atoms with Crippen molar-refractivity contribution in [3.05, 3.63) is 35.4 Å². The summed E-state index contributed by atoms with van der Waals surface area (Å²) in [7, 11) is 1.63. The van der Waals surface area contributed by atoms with Gasteiger partial charge in [0.15, 0.2) is 0 Å². The second-order valence-corrected chi connectivity index (χ2v) is 6.87. The van der Waals surface area contributed by atoms with Gasteiger partial charge in [-0.15, -0.1) is 0 Å². The minimum Gasteiger partial charge on any atom is -0.384 e. The van der Waals surface area contributed by atoms with Gasteiger partial charge in [0.2, 0.25) is 5.91 Å². The zero-order valence-electron chi connectivity index (χ0n) is 14.1. The van der Waals surface area contributed by atoms with E-state index in [1.54, 1.807) is 7.11 Å². The standard InChI is InChI=1S/C18H22F2N2O3/c1-25-9-10-6-17(23)22-16-8-12(3-5-13(10)16)21-18(24)14-4-2-11(19)7-15(14)20/h2,4,7,10,12-13,16H,3,5-6,8-9H2,1H3,(H,21,24)(H,22,23). The highest BCUT2D eigenvalue weighted by atomic mass is 19.1. The Bertz CT molecular complexity index is 668. The SMILES string of the molecule is COCC1CC(=O)NC2CC(NC(=O)c3ccc(F)cc3F)CCC12. The number of rotatable bonds is 4. The lowest BCUT2D eigenvalue weighted by Crippen LogP contribution is -2.56. The second kappa shape index (κ2) is 7.47. The predicted molar refractivity (Wildman–Crippen MR) is 86.9 cm³/mol. The van der Waals surface area contributed by atoms with E-state index in [2.05, 4.69) is 10.6 Å². The van der Waals surface area contributed by atoms with Gasteiger partial charge in [0.05, 0.1) is 5.56 Å². The van der Waals surface area contributed by atoms with Crippen molar-refractivity contribution in [2.45, 2.75) is 37.8 Å². The molecule has 1 aliphatic carbocycles. The van der Waals surface area contributed by atoms with Crippen LogP contribution in [0.4, 0.5) is 8.78 Å². The molecule has 7 heteroatoms. The molecule has 2 N–H and O–H groups in total. The number of carbonyl (C=O) groups excluding carboxylic acids is 2. The number of piperidine rings is 1. The molecule has 1 saturated heterocycles. The van der Waals surface area contributed by atoms with Gasteiger partial charge in [-0.1, -0.05) is 0 Å². The molecule has 2 amide bonds. The van der Waals surface area contributed by atoms with Crippen LogP contribution in [0, 0.1) is 23.5 Å². The van der Waals surface area contributed by atoms with Crippen molar-refractivity contribution in [1.82, 2.24) is 10.6 Å². The maximum absolute atomic E-state index is 13.7. The van der Waals surface area contributed by atoms with Gasteiger partial charge in [0.25, 0.3) is 5.91 Å². The van der Waals surface area contributed by atoms with Crippen molar-refractivity contribution in [3.8, 4) is 0 Å². The van der Waals surface area contributed by atoms with E-state index in [-0.39, 0.29) is 29.5 Å². The van der Waals surface area contributed by atoms with E-state index in [0.29, 0.717) is 31.4 Å². The Morgan fingerprint density at radius 1 is 1.36 bits per heavy atom. The first-order valence-electron chi connectivity index (χ1n) is 8.52. The molecule has 0 spiro atoms. The molecule has 2 aliphatic rings. The number of ether oxygens (including phenoxy) is 1. The highest BCUT2D eigenvalue weighted by Gasteiger charge is 2.41. The van der Waals surface area contributed by atoms with Gasteiger partial charge in [-0.25, -0.2) is 8.78 Å². The summed E-state index contributed by atoms with van der Waals surface area (Å²) in [6.07, 6.45) is 2.68. The van der Waals surface area contributed by atoms with E-state index in [4.69, 9.17) is 4.74 Å². The Balaban J connectivity index is 1.64. The van der Waals surface area contributed by atoms with E-state index < -0.39 is 17.5 Å². The second-order valence-electron chi connectivity index (χ2n) is 6.87. The minimum atomic E-state index is -0.877. The van der Waals surface area contributed by atoms with Gasteiger partial charge < -0.3 is 15.4 Å². The summed E-state index contributed by atoms with van der Waals surface area (Å²) < 4.78 is 31.9. The number of halogens is 2. The number of hydrogen-bond donors (Lipinski definition) is 2. The zero-order valence-corrected chi connectivity index (χ0v) is 14.1. The Labute approximate surface area is 145 Å². The van der Waals surface area contributed by atoms with Crippen molar-refractivity contribution in [3.63, 3.8) is 0 Å². The molecule has 3 rings (SSSR count). The topological polar surface area (TPSA) is 67.4 Å². The van der Waals surface area contributed by atoms with E-state index in [9.17, 15) is 18.4 Å². The largest absolute Gasteiger partial charge is 0.384 e. The quantitative estimate of drug-likeness (QED) is 0.871. The Hall–Kier alpha value is -2.02. The first-order chi connectivity index (χ1) is 12.0. The predicted octanol–water partition coefficient (Wildman–Crippen LogP) is 2.01. The van der Waals surface area contributed by atoms with Crippen LogP contribution < -0.4 is 10.6 Å². The van der Waals surface area contributed by atoms with Gasteiger partial charge >= 0.3 is 0 Å². The first kappa shape index (κ1) is 17.8. The van der Waals surface area contributed by atoms with Gasteiger partial charge in [-0.2, -0.15) is 0 Å². The number of carbonyl (C=O) groups is 2. The third-order valence-corrected chi connectivity index (χ3v) is 5.19. The lowest BCUT2D eigenvalue weighted by Gasteiger charge is -2.43. The molecule has 1 aromatic rings. The fraction of sp³-hybridized carbons (Fsp3) is 0.556. The van der Waals surface area contributed by atoms with E-state index in [1.165, 1.54) is 0 Å². The third-order valence-electron chi connectivity index (χ3n) is 5.19. The van der Waals surface area contributed by atoms with Crippen LogP contribution in [0.5, 0.6) is 0 Å². The summed E-state index contributed by atoms with van der Waals surface area (Å²) in [5.41, 5.74) is -0.173. The van der Waals surface area contributed by atoms with Crippen LogP contribution in [0.1, 0.15) is 36.0 Å². The smallest absolute Gasteiger partial charge is 0.254 e. The van der Waals surface area contributed by atoms with Crippen LogP contribution >= 0.6 is 0 Å². The summed E-state index contributed by atoms with van der Waals surface area (Å²) in [6, 6.07) is 2.73. The lowest BCUT2D eigenvalue weighted by molar-refractivity contribution is -0.128. The van der Waals surface area contributed by atoms with Crippen LogP contribution in [0.25, 0.3) is 0 Å². The fourth-order valence-corrected chi connectivity index (χ4v) is 4.04. The molecule has 2 fully saturated rings. The Morgan fingerprint density at radius 2 is 2.16 bits per heavy atom. The van der Waals surface area contributed by atoms with Crippen LogP contribution in [0.2, 0.25) is 0 Å². The summed E-state index contributed by atoms with van der Waals surface area (Å²) in [5.74, 6) is -1.64. The van der Waals surface area contributed by atoms with E-state index >= 15 is 0 Å². The van der Waals surface area contributed by atoms with Gasteiger partial charge in [0.1, 0.15) is 11.6 Å². The number of nitrogens with one attached hydrogen (secondary N) is 2. The summed E-state index contributed by atoms with van der Waals surface area (Å²) >= 11 is 0. The van der Waals surface area contributed by atoms with Gasteiger partial charge in [-0.3, -0.25) is 9.59 Å². The monoisotopic (exact) mass is 352 g/mol. The maximum Gasteiger partial charge on any atom is 0.254 e. The lowest BCUT2D eigenvalue weighted by atomic mass is 9.71. The minimum absolute atomic E-state index is 0.000134. The van der Waals surface area contributed by atoms with Crippen molar-refractivity contribution in [2.24, 2.45) is 11.8 Å². The molecule has 0 bridgehead atoms. The highest BCUT2D eigenvalue weighted by Crippen LogP contribution is 2.35. The molecular weight excluding hydrogens is 330 g/mol. The van der Waals surface area contributed by atoms with Crippen LogP contribution in [-0.4, -0.2) is 37.6 Å². The highest BCUT2D eigenvalue weighted by molar-refractivity contribution is 5.94. The number of amides is 2. The molecule has 0 aromatic heterocycles. The molecule has 5 nitrogen and oxygen atoms in total. The Morgan fingerprint density at radius 3 is 2.88 bits per heavy atom. The number of fused-ring (bicyclic) bond motifs is 1. The molecule has 1 aliphatic heterocycles. The van der Waals surface area contributed by atoms with E-state index in [1.807, 2.05) is 0 Å². The summed E-state index contributed by atoms with van der Waals surface area (Å²) in [4.78, 5) is 24.1. The number of methoxy groups -OCH3 is 1. The molecule has 136 valence electrons. The molecule has 4 atom stereocenters. The average Bonchev–Trinajstić information content (AvgIpc) is 2.54. The van der Waals surface area contributed by atoms with Crippen molar-refractivity contribution >= 4 is 11.8 Å². The molecule has 1 saturated carbocycles. The van der Waals surface area contributed by atoms with Crippen LogP contribution in [-0.2, 0) is 9.53 Å². The Kier molecular flexibility index (Phi) is 5.32. The molecule has 1 heterocycles. The molecule has 4 unspecified atom stereocenters. The molecule has 25 heavy (non-hydrogen) atoms. The van der Waals surface area contributed by atoms with E-state index in [0.717, 1.165) is 25.0 Å². The molecule has 1 aromatic carbocycles. The average molecular weight is 352 g/mol. The van der Waals surface area contributed by atoms with Crippen molar-refractivity contribution < 1.29 is 23.1 Å². The maximum atomic E-state index is 13.7. The summed E-state index contributed by atoms with van der Waals surface area (Å²) in [5, 5.41) is 5.81. The summed E-state index contributed by atoms with van der Waals surface area (Å²) in [6.45, 7) is 0.548. The molecular formula is C18H22F2N2O3. The third kappa shape index (κ3) is 3.98. The van der Waals surface area contributed by atoms with Crippen molar-refractivity contribution in [2.75, 3.05) is 13.7 Å².